The second-order valence-electron chi connectivity index (χ2n) is 2.64. The highest BCUT2D eigenvalue weighted by Gasteiger charge is 2.41. The van der Waals surface area contributed by atoms with Crippen LogP contribution < -0.4 is 5.14 Å². The largest absolute Gasteiger partial charge is 0.359 e. The lowest BCUT2D eigenvalue weighted by atomic mass is 10.2. The Morgan fingerprint density at radius 2 is 1.83 bits per heavy atom. The SMILES string of the molecule is CCCCCC(F)(F)S(N)(=O)=O. The smallest absolute Gasteiger partial charge is 0.223 e. The van der Waals surface area contributed by atoms with E-state index in [0.29, 0.717) is 6.42 Å². The van der Waals surface area contributed by atoms with Gasteiger partial charge in [0.05, 0.1) is 0 Å². The topological polar surface area (TPSA) is 60.2 Å². The monoisotopic (exact) mass is 201 g/mol. The number of primary sulfonamides is 1. The Labute approximate surface area is 71.0 Å². The van der Waals surface area contributed by atoms with Crippen LogP contribution in [0.25, 0.3) is 0 Å². The van der Waals surface area contributed by atoms with Crippen molar-refractivity contribution in [1.82, 2.24) is 0 Å². The van der Waals surface area contributed by atoms with E-state index in [-0.39, 0.29) is 6.42 Å². The van der Waals surface area contributed by atoms with Crippen molar-refractivity contribution >= 4 is 10.0 Å². The van der Waals surface area contributed by atoms with E-state index in [4.69, 9.17) is 0 Å². The van der Waals surface area contributed by atoms with Gasteiger partial charge in [0.2, 0.25) is 0 Å². The van der Waals surface area contributed by atoms with Gasteiger partial charge in [-0.2, -0.15) is 8.78 Å². The Morgan fingerprint density at radius 1 is 1.33 bits per heavy atom. The molecule has 0 aromatic heterocycles. The maximum absolute atomic E-state index is 12.5. The molecule has 3 nitrogen and oxygen atoms in total. The summed E-state index contributed by atoms with van der Waals surface area (Å²) in [6.45, 7) is 1.84. The maximum Gasteiger partial charge on any atom is 0.359 e. The molecule has 0 spiro atoms. The van der Waals surface area contributed by atoms with E-state index in [1.807, 2.05) is 6.92 Å². The van der Waals surface area contributed by atoms with Gasteiger partial charge in [-0.3, -0.25) is 0 Å². The lowest BCUT2D eigenvalue weighted by Gasteiger charge is -2.12. The summed E-state index contributed by atoms with van der Waals surface area (Å²) in [6.07, 6.45) is 0.853. The molecular formula is C6H13F2NO2S. The Kier molecular flexibility index (Phi) is 4.05. The maximum atomic E-state index is 12.5. The minimum Gasteiger partial charge on any atom is -0.223 e. The molecule has 0 aliphatic carbocycles. The van der Waals surface area contributed by atoms with Crippen molar-refractivity contribution in [3.63, 3.8) is 0 Å². The van der Waals surface area contributed by atoms with Crippen molar-refractivity contribution < 1.29 is 17.2 Å². The number of halogens is 2. The summed E-state index contributed by atoms with van der Waals surface area (Å²) in [5.74, 6) is 0. The van der Waals surface area contributed by atoms with Crippen molar-refractivity contribution in [3.05, 3.63) is 0 Å². The number of alkyl halides is 2. The van der Waals surface area contributed by atoms with Gasteiger partial charge in [0.1, 0.15) is 0 Å². The Hall–Kier alpha value is -0.230. The fourth-order valence-corrected chi connectivity index (χ4v) is 1.15. The van der Waals surface area contributed by atoms with Crippen LogP contribution in [0, 0.1) is 0 Å². The molecule has 0 aromatic rings. The summed E-state index contributed by atoms with van der Waals surface area (Å²) in [5, 5.41) is 0.556. The normalized spacial score (nSPS) is 13.3. The zero-order valence-corrected chi connectivity index (χ0v) is 7.70. The molecule has 0 radical (unpaired) electrons. The molecule has 74 valence electrons. The molecule has 0 heterocycles. The summed E-state index contributed by atoms with van der Waals surface area (Å²) in [7, 11) is -4.72. The molecule has 2 N–H and O–H groups in total. The van der Waals surface area contributed by atoms with Gasteiger partial charge in [0.25, 0.3) is 10.0 Å². The number of hydrogen-bond acceptors (Lipinski definition) is 2. The first-order chi connectivity index (χ1) is 5.31. The van der Waals surface area contributed by atoms with Crippen LogP contribution in [0.4, 0.5) is 8.78 Å². The van der Waals surface area contributed by atoms with Crippen LogP contribution in [0.15, 0.2) is 0 Å². The minimum atomic E-state index is -4.72. The summed E-state index contributed by atoms with van der Waals surface area (Å²) in [6, 6.07) is 0. The number of unbranched alkanes of at least 4 members (excludes halogenated alkanes) is 2. The summed E-state index contributed by atoms with van der Waals surface area (Å²) < 4.78 is 45.6. The summed E-state index contributed by atoms with van der Waals surface area (Å²) in [5.41, 5.74) is 0. The second-order valence-corrected chi connectivity index (χ2v) is 4.33. The van der Waals surface area contributed by atoms with Crippen LogP contribution in [0.3, 0.4) is 0 Å². The average molecular weight is 201 g/mol. The van der Waals surface area contributed by atoms with Gasteiger partial charge in [-0.25, -0.2) is 13.6 Å². The highest BCUT2D eigenvalue weighted by molar-refractivity contribution is 7.90. The summed E-state index contributed by atoms with van der Waals surface area (Å²) in [4.78, 5) is 0. The molecule has 0 unspecified atom stereocenters. The number of sulfonamides is 1. The predicted molar refractivity (Wildman–Crippen MR) is 42.2 cm³/mol. The lowest BCUT2D eigenvalue weighted by Crippen LogP contribution is -2.34. The fraction of sp³-hybridized carbons (Fsp3) is 1.00. The second kappa shape index (κ2) is 4.13. The first kappa shape index (κ1) is 11.8. The van der Waals surface area contributed by atoms with Crippen LogP contribution in [-0.4, -0.2) is 13.7 Å². The van der Waals surface area contributed by atoms with E-state index in [0.717, 1.165) is 6.42 Å². The van der Waals surface area contributed by atoms with Gasteiger partial charge in [0, 0.05) is 6.42 Å². The van der Waals surface area contributed by atoms with Crippen molar-refractivity contribution in [1.29, 1.82) is 0 Å². The quantitative estimate of drug-likeness (QED) is 0.684. The van der Waals surface area contributed by atoms with E-state index >= 15 is 0 Å². The molecule has 6 heteroatoms. The molecule has 0 rings (SSSR count). The first-order valence-corrected chi connectivity index (χ1v) is 5.26. The van der Waals surface area contributed by atoms with Crippen LogP contribution in [0.2, 0.25) is 0 Å². The molecule has 0 aliphatic heterocycles. The van der Waals surface area contributed by atoms with Crippen molar-refractivity contribution in [2.75, 3.05) is 0 Å². The van der Waals surface area contributed by atoms with Crippen LogP contribution >= 0.6 is 0 Å². The highest BCUT2D eigenvalue weighted by atomic mass is 32.2. The molecule has 0 aliphatic rings. The minimum absolute atomic E-state index is 0.180. The Morgan fingerprint density at radius 3 is 2.17 bits per heavy atom. The van der Waals surface area contributed by atoms with E-state index in [1.165, 1.54) is 0 Å². The van der Waals surface area contributed by atoms with E-state index in [2.05, 4.69) is 5.14 Å². The van der Waals surface area contributed by atoms with E-state index < -0.39 is 21.7 Å². The first-order valence-electron chi connectivity index (χ1n) is 3.71. The zero-order valence-electron chi connectivity index (χ0n) is 6.89. The van der Waals surface area contributed by atoms with Crippen molar-refractivity contribution in [2.45, 2.75) is 37.9 Å². The standard InChI is InChI=1S/C6H13F2NO2S/c1-2-3-4-5-6(7,8)12(9,10)11/h2-5H2,1H3,(H2,9,10,11). The lowest BCUT2D eigenvalue weighted by molar-refractivity contribution is 0.0790. The van der Waals surface area contributed by atoms with Crippen LogP contribution in [0.1, 0.15) is 32.6 Å². The molecule has 0 atom stereocenters. The van der Waals surface area contributed by atoms with Gasteiger partial charge in [0.15, 0.2) is 0 Å². The molecule has 12 heavy (non-hydrogen) atoms. The van der Waals surface area contributed by atoms with Crippen molar-refractivity contribution in [2.24, 2.45) is 5.14 Å². The average Bonchev–Trinajstić information content (AvgIpc) is 1.85. The van der Waals surface area contributed by atoms with E-state index in [9.17, 15) is 17.2 Å². The Balaban J connectivity index is 4.06. The zero-order chi connectivity index (χ0) is 9.83. The molecule has 0 saturated heterocycles. The fourth-order valence-electron chi connectivity index (χ4n) is 0.723. The third-order valence-corrected chi connectivity index (χ3v) is 2.52. The molecule has 0 saturated carbocycles. The highest BCUT2D eigenvalue weighted by Crippen LogP contribution is 2.25. The third kappa shape index (κ3) is 3.44. The molecule has 0 bridgehead atoms. The van der Waals surface area contributed by atoms with E-state index in [1.54, 1.807) is 0 Å². The molecular weight excluding hydrogens is 188 g/mol. The molecule has 0 fully saturated rings. The predicted octanol–water partition coefficient (Wildman–Crippen LogP) is 1.45. The molecule has 0 amide bonds. The van der Waals surface area contributed by atoms with Gasteiger partial charge >= 0.3 is 5.25 Å². The number of hydrogen-bond donors (Lipinski definition) is 1. The number of nitrogens with two attached hydrogens (primary N) is 1. The van der Waals surface area contributed by atoms with Crippen LogP contribution in [0.5, 0.6) is 0 Å². The van der Waals surface area contributed by atoms with Gasteiger partial charge in [-0.05, 0) is 6.42 Å². The van der Waals surface area contributed by atoms with Crippen LogP contribution in [-0.2, 0) is 10.0 Å². The van der Waals surface area contributed by atoms with Gasteiger partial charge < -0.3 is 0 Å². The van der Waals surface area contributed by atoms with Gasteiger partial charge in [-0.1, -0.05) is 19.8 Å². The molecule has 0 aromatic carbocycles. The van der Waals surface area contributed by atoms with Crippen molar-refractivity contribution in [3.8, 4) is 0 Å². The summed E-state index contributed by atoms with van der Waals surface area (Å²) >= 11 is 0. The Bertz CT molecular complexity index is 226. The number of rotatable bonds is 5. The third-order valence-electron chi connectivity index (χ3n) is 1.49. The van der Waals surface area contributed by atoms with Gasteiger partial charge in [-0.15, -0.1) is 0 Å².